The molecular formula is C24H27N7O3S. The first-order valence-electron chi connectivity index (χ1n) is 11.3. The smallest absolute Gasteiger partial charge is 0.325 e. The van der Waals surface area contributed by atoms with Gasteiger partial charge in [0, 0.05) is 12.7 Å². The molecule has 10 nitrogen and oxygen atoms in total. The van der Waals surface area contributed by atoms with Crippen molar-refractivity contribution in [2.24, 2.45) is 5.92 Å². The number of likely N-dealkylation sites (tertiary alicyclic amines) is 1. The third kappa shape index (κ3) is 4.99. The Bertz CT molecular complexity index is 1200. The number of nitrogens with zero attached hydrogens (tertiary/aromatic N) is 5. The molecule has 1 saturated heterocycles. The third-order valence-corrected chi connectivity index (χ3v) is 6.81. The Labute approximate surface area is 207 Å². The number of nitrogens with one attached hydrogen (secondary N) is 1. The predicted octanol–water partition coefficient (Wildman–Crippen LogP) is 2.72. The van der Waals surface area contributed by atoms with Gasteiger partial charge in [-0.05, 0) is 43.0 Å². The molecule has 0 radical (unpaired) electrons. The van der Waals surface area contributed by atoms with Crippen molar-refractivity contribution in [3.63, 3.8) is 0 Å². The van der Waals surface area contributed by atoms with Gasteiger partial charge in [-0.25, -0.2) is 9.78 Å². The number of aromatic nitrogens is 3. The largest absolute Gasteiger partial charge is 0.384 e. The van der Waals surface area contributed by atoms with E-state index in [9.17, 15) is 14.4 Å². The summed E-state index contributed by atoms with van der Waals surface area (Å²) < 4.78 is 0. The van der Waals surface area contributed by atoms with Crippen molar-refractivity contribution in [2.75, 3.05) is 17.7 Å². The van der Waals surface area contributed by atoms with Crippen molar-refractivity contribution in [2.45, 2.75) is 38.8 Å². The van der Waals surface area contributed by atoms with E-state index in [2.05, 4.69) is 20.5 Å². The van der Waals surface area contributed by atoms with E-state index < -0.39 is 29.8 Å². The molecule has 35 heavy (non-hydrogen) atoms. The molecule has 4 rings (SSSR count). The number of likely N-dealkylation sites (N-methyl/N-ethyl adjacent to an activating group) is 1. The zero-order chi connectivity index (χ0) is 25.1. The fourth-order valence-electron chi connectivity index (χ4n) is 4.33. The molecule has 3 aromatic rings. The summed E-state index contributed by atoms with van der Waals surface area (Å²) in [6, 6.07) is 11.1. The quantitative estimate of drug-likeness (QED) is 0.483. The van der Waals surface area contributed by atoms with E-state index in [-0.39, 0.29) is 12.5 Å². The maximum Gasteiger partial charge on any atom is 0.325 e. The Kier molecular flexibility index (Phi) is 7.06. The van der Waals surface area contributed by atoms with Crippen molar-refractivity contribution in [3.8, 4) is 0 Å². The summed E-state index contributed by atoms with van der Waals surface area (Å²) >= 11 is 1.20. The fraction of sp³-hybridized carbons (Fsp3) is 0.333. The molecule has 0 aliphatic carbocycles. The minimum absolute atomic E-state index is 0.256. The first kappa shape index (κ1) is 24.3. The van der Waals surface area contributed by atoms with Crippen LogP contribution in [0, 0.1) is 12.8 Å². The Morgan fingerprint density at radius 3 is 2.63 bits per heavy atom. The Morgan fingerprint density at radius 1 is 1.26 bits per heavy atom. The van der Waals surface area contributed by atoms with Crippen molar-refractivity contribution in [1.82, 2.24) is 25.4 Å². The molecule has 1 aliphatic heterocycles. The van der Waals surface area contributed by atoms with E-state index in [0.717, 1.165) is 16.0 Å². The number of carbonyl (C=O) groups is 3. The standard InChI is InChI=1S/C24H27N7O3S/c1-4-18(16-8-6-5-7-9-16)28-23(34)31-20(22(33)30(3)24-29-26-13-35-24)17(21(31)32)11-15-10-14(2)27-19(25)12-15/h5-10,12-13,17-18,20H,4,11H2,1-3H3,(H2,25,27)(H,28,34)/t17-,18-,20+/m1/s1. The molecule has 11 heteroatoms. The van der Waals surface area contributed by atoms with Gasteiger partial charge in [0.25, 0.3) is 5.91 Å². The summed E-state index contributed by atoms with van der Waals surface area (Å²) in [5.41, 5.74) is 9.80. The molecule has 1 aliphatic rings. The van der Waals surface area contributed by atoms with Crippen LogP contribution >= 0.6 is 11.3 Å². The molecule has 1 aromatic carbocycles. The summed E-state index contributed by atoms with van der Waals surface area (Å²) in [5.74, 6) is -1.21. The normalized spacial score (nSPS) is 18.0. The van der Waals surface area contributed by atoms with Crippen LogP contribution in [0.4, 0.5) is 15.7 Å². The van der Waals surface area contributed by atoms with Crippen LogP contribution in [-0.2, 0) is 16.0 Å². The number of hydrogen-bond donors (Lipinski definition) is 2. The van der Waals surface area contributed by atoms with E-state index in [4.69, 9.17) is 5.73 Å². The average molecular weight is 494 g/mol. The lowest BCUT2D eigenvalue weighted by Crippen LogP contribution is -2.70. The maximum absolute atomic E-state index is 13.5. The highest BCUT2D eigenvalue weighted by Gasteiger charge is 2.55. The molecule has 182 valence electrons. The van der Waals surface area contributed by atoms with Crippen molar-refractivity contribution >= 4 is 40.1 Å². The maximum atomic E-state index is 13.5. The SMILES string of the molecule is CC[C@@H](NC(=O)N1C(=O)[C@H](Cc2cc(C)nc(N)c2)[C@H]1C(=O)N(C)c1nncs1)c1ccccc1. The van der Waals surface area contributed by atoms with Gasteiger partial charge in [0.05, 0.1) is 12.0 Å². The van der Waals surface area contributed by atoms with E-state index in [0.29, 0.717) is 23.1 Å². The lowest BCUT2D eigenvalue weighted by Gasteiger charge is -2.45. The van der Waals surface area contributed by atoms with Crippen LogP contribution in [0.1, 0.15) is 36.2 Å². The molecule has 0 saturated carbocycles. The number of carbonyl (C=O) groups excluding carboxylic acids is 3. The number of hydrogen-bond acceptors (Lipinski definition) is 8. The number of imide groups is 1. The van der Waals surface area contributed by atoms with Gasteiger partial charge >= 0.3 is 6.03 Å². The van der Waals surface area contributed by atoms with Crippen molar-refractivity contribution in [1.29, 1.82) is 0 Å². The predicted molar refractivity (Wildman–Crippen MR) is 133 cm³/mol. The van der Waals surface area contributed by atoms with Crippen LogP contribution in [0.25, 0.3) is 0 Å². The van der Waals surface area contributed by atoms with Crippen LogP contribution < -0.4 is 16.0 Å². The Hall–Kier alpha value is -3.86. The number of nitrogens with two attached hydrogens (primary N) is 1. The highest BCUT2D eigenvalue weighted by atomic mass is 32.1. The summed E-state index contributed by atoms with van der Waals surface area (Å²) in [7, 11) is 1.56. The van der Waals surface area contributed by atoms with Crippen LogP contribution in [0.2, 0.25) is 0 Å². The number of nitrogen functional groups attached to an aromatic ring is 1. The topological polar surface area (TPSA) is 134 Å². The molecule has 2 aromatic heterocycles. The Morgan fingerprint density at radius 2 is 2.00 bits per heavy atom. The molecule has 4 amide bonds. The van der Waals surface area contributed by atoms with Gasteiger partial charge in [-0.2, -0.15) is 0 Å². The molecule has 0 spiro atoms. The molecule has 3 N–H and O–H groups in total. The van der Waals surface area contributed by atoms with Crippen molar-refractivity contribution < 1.29 is 14.4 Å². The second kappa shape index (κ2) is 10.2. The van der Waals surface area contributed by atoms with Crippen LogP contribution in [0.15, 0.2) is 48.0 Å². The van der Waals surface area contributed by atoms with E-state index >= 15 is 0 Å². The monoisotopic (exact) mass is 493 g/mol. The number of β-lactam (4-membered cyclic amide) rings is 1. The number of amides is 4. The van der Waals surface area contributed by atoms with Crippen LogP contribution in [0.5, 0.6) is 0 Å². The molecule has 3 atom stereocenters. The summed E-state index contributed by atoms with van der Waals surface area (Å²) in [6.07, 6.45) is 0.881. The first-order chi connectivity index (χ1) is 16.8. The van der Waals surface area contributed by atoms with E-state index in [1.807, 2.05) is 50.2 Å². The number of anilines is 2. The number of pyridine rings is 1. The van der Waals surface area contributed by atoms with Gasteiger partial charge in [0.1, 0.15) is 17.4 Å². The summed E-state index contributed by atoms with van der Waals surface area (Å²) in [5, 5.41) is 11.0. The van der Waals surface area contributed by atoms with Gasteiger partial charge in [0.15, 0.2) is 0 Å². The second-order valence-electron chi connectivity index (χ2n) is 8.44. The van der Waals surface area contributed by atoms with Crippen LogP contribution in [0.3, 0.4) is 0 Å². The molecule has 3 heterocycles. The molecule has 1 fully saturated rings. The van der Waals surface area contributed by atoms with Gasteiger partial charge in [-0.1, -0.05) is 48.6 Å². The van der Waals surface area contributed by atoms with Crippen molar-refractivity contribution in [3.05, 3.63) is 64.8 Å². The number of urea groups is 1. The number of aryl methyl sites for hydroxylation is 1. The lowest BCUT2D eigenvalue weighted by atomic mass is 9.81. The zero-order valence-electron chi connectivity index (χ0n) is 19.7. The highest BCUT2D eigenvalue weighted by Crippen LogP contribution is 2.33. The van der Waals surface area contributed by atoms with Gasteiger partial charge in [0.2, 0.25) is 11.0 Å². The number of rotatable bonds is 7. The minimum atomic E-state index is -0.987. The van der Waals surface area contributed by atoms with Gasteiger partial charge in [-0.3, -0.25) is 19.4 Å². The minimum Gasteiger partial charge on any atom is -0.384 e. The molecule has 0 unspecified atom stereocenters. The molecular weight excluding hydrogens is 466 g/mol. The van der Waals surface area contributed by atoms with E-state index in [1.165, 1.54) is 21.7 Å². The molecule has 0 bridgehead atoms. The second-order valence-corrected chi connectivity index (χ2v) is 9.26. The zero-order valence-corrected chi connectivity index (χ0v) is 20.5. The summed E-state index contributed by atoms with van der Waals surface area (Å²) in [4.78, 5) is 46.5. The Balaban J connectivity index is 1.60. The van der Waals surface area contributed by atoms with Gasteiger partial charge < -0.3 is 11.1 Å². The number of benzene rings is 1. The fourth-order valence-corrected chi connectivity index (χ4v) is 4.86. The first-order valence-corrected chi connectivity index (χ1v) is 12.1. The lowest BCUT2D eigenvalue weighted by molar-refractivity contribution is -0.156. The van der Waals surface area contributed by atoms with Crippen LogP contribution in [-0.4, -0.2) is 51.0 Å². The highest BCUT2D eigenvalue weighted by molar-refractivity contribution is 7.13. The third-order valence-electron chi connectivity index (χ3n) is 6.05. The van der Waals surface area contributed by atoms with Gasteiger partial charge in [-0.15, -0.1) is 10.2 Å². The summed E-state index contributed by atoms with van der Waals surface area (Å²) in [6.45, 7) is 3.75. The van der Waals surface area contributed by atoms with E-state index in [1.54, 1.807) is 13.1 Å². The average Bonchev–Trinajstić information content (AvgIpc) is 3.38.